The molecule has 2 heterocycles. The maximum atomic E-state index is 10.9. The molecule has 3 nitrogen and oxygen atoms in total. The van der Waals surface area contributed by atoms with Crippen LogP contribution in [-0.2, 0) is 4.79 Å². The molecule has 2 aliphatic heterocycles. The molecule has 11 heavy (non-hydrogen) atoms. The van der Waals surface area contributed by atoms with Crippen LogP contribution in [0.15, 0.2) is 0 Å². The van der Waals surface area contributed by atoms with E-state index in [-0.39, 0.29) is 5.91 Å². The molecule has 0 bridgehead atoms. The summed E-state index contributed by atoms with van der Waals surface area (Å²) in [6.45, 7) is 4.76. The molecule has 3 heteroatoms. The van der Waals surface area contributed by atoms with Gasteiger partial charge in [-0.15, -0.1) is 0 Å². The van der Waals surface area contributed by atoms with Gasteiger partial charge < -0.3 is 4.90 Å². The van der Waals surface area contributed by atoms with Gasteiger partial charge in [-0.1, -0.05) is 0 Å². The zero-order chi connectivity index (χ0) is 8.06. The van der Waals surface area contributed by atoms with E-state index >= 15 is 0 Å². The summed E-state index contributed by atoms with van der Waals surface area (Å²) in [5.41, 5.74) is 0.395. The van der Waals surface area contributed by atoms with Gasteiger partial charge in [-0.3, -0.25) is 9.69 Å². The first-order chi connectivity index (χ1) is 5.14. The van der Waals surface area contributed by atoms with Gasteiger partial charge >= 0.3 is 0 Å². The average molecular weight is 154 g/mol. The third kappa shape index (κ3) is 0.805. The minimum absolute atomic E-state index is 0.218. The lowest BCUT2D eigenvalue weighted by atomic mass is 9.78. The van der Waals surface area contributed by atoms with Crippen LogP contribution in [0.2, 0.25) is 0 Å². The van der Waals surface area contributed by atoms with E-state index in [0.29, 0.717) is 5.54 Å². The van der Waals surface area contributed by atoms with E-state index in [1.54, 1.807) is 6.92 Å². The van der Waals surface area contributed by atoms with Gasteiger partial charge in [-0.2, -0.15) is 0 Å². The smallest absolute Gasteiger partial charge is 0.219 e. The monoisotopic (exact) mass is 154 g/mol. The normalized spacial score (nSPS) is 28.0. The zero-order valence-corrected chi connectivity index (χ0v) is 7.13. The molecule has 62 valence electrons. The van der Waals surface area contributed by atoms with Crippen LogP contribution in [0.4, 0.5) is 0 Å². The van der Waals surface area contributed by atoms with E-state index in [1.807, 2.05) is 4.90 Å². The van der Waals surface area contributed by atoms with Crippen molar-refractivity contribution in [3.63, 3.8) is 0 Å². The Balaban J connectivity index is 1.92. The molecule has 0 aromatic heterocycles. The minimum atomic E-state index is 0.218. The first-order valence-electron chi connectivity index (χ1n) is 4.11. The van der Waals surface area contributed by atoms with Crippen molar-refractivity contribution in [1.82, 2.24) is 9.80 Å². The molecule has 0 unspecified atom stereocenters. The first-order valence-corrected chi connectivity index (χ1v) is 4.11. The second-order valence-electron chi connectivity index (χ2n) is 3.77. The van der Waals surface area contributed by atoms with Crippen molar-refractivity contribution in [3.05, 3.63) is 0 Å². The molecule has 1 amide bonds. The molecule has 2 saturated heterocycles. The molecule has 0 saturated carbocycles. The Bertz CT molecular complexity index is 196. The zero-order valence-electron chi connectivity index (χ0n) is 7.13. The fraction of sp³-hybridized carbons (Fsp3) is 0.875. The molecule has 0 aliphatic carbocycles. The highest BCUT2D eigenvalue weighted by Gasteiger charge is 2.52. The van der Waals surface area contributed by atoms with E-state index < -0.39 is 0 Å². The standard InChI is InChI=1S/C8H14N2O/c1-7(11)10-5-8(6-10)3-4-9(8)2/h3-6H2,1-2H3. The number of carbonyl (C=O) groups is 1. The van der Waals surface area contributed by atoms with Gasteiger partial charge in [-0.05, 0) is 13.5 Å². The Kier molecular flexibility index (Phi) is 1.27. The summed E-state index contributed by atoms with van der Waals surface area (Å²) >= 11 is 0. The van der Waals surface area contributed by atoms with Gasteiger partial charge in [0.1, 0.15) is 0 Å². The lowest BCUT2D eigenvalue weighted by molar-refractivity contribution is -0.154. The predicted molar refractivity (Wildman–Crippen MR) is 42.2 cm³/mol. The Morgan fingerprint density at radius 1 is 1.45 bits per heavy atom. The number of likely N-dealkylation sites (N-methyl/N-ethyl adjacent to an activating group) is 1. The average Bonchev–Trinajstić information content (AvgIpc) is 1.81. The molecule has 1 spiro atoms. The first kappa shape index (κ1) is 7.10. The largest absolute Gasteiger partial charge is 0.339 e. The number of carbonyl (C=O) groups excluding carboxylic acids is 1. The molecule has 0 aromatic rings. The van der Waals surface area contributed by atoms with Crippen LogP contribution in [0, 0.1) is 0 Å². The molecule has 2 rings (SSSR count). The van der Waals surface area contributed by atoms with Crippen LogP contribution in [0.25, 0.3) is 0 Å². The number of nitrogens with zero attached hydrogens (tertiary/aromatic N) is 2. The molecule has 0 aromatic carbocycles. The van der Waals surface area contributed by atoms with Gasteiger partial charge in [0.15, 0.2) is 0 Å². The Morgan fingerprint density at radius 2 is 2.09 bits per heavy atom. The lowest BCUT2D eigenvalue weighted by Crippen LogP contribution is -2.76. The van der Waals surface area contributed by atoms with Crippen molar-refractivity contribution in [2.24, 2.45) is 0 Å². The van der Waals surface area contributed by atoms with E-state index in [0.717, 1.165) is 13.1 Å². The molecular formula is C8H14N2O. The van der Waals surface area contributed by atoms with Crippen molar-refractivity contribution in [2.75, 3.05) is 26.7 Å². The van der Waals surface area contributed by atoms with Gasteiger partial charge in [0.05, 0.1) is 5.54 Å². The summed E-state index contributed by atoms with van der Waals surface area (Å²) < 4.78 is 0. The summed E-state index contributed by atoms with van der Waals surface area (Å²) in [4.78, 5) is 15.1. The van der Waals surface area contributed by atoms with Crippen LogP contribution >= 0.6 is 0 Å². The predicted octanol–water partition coefficient (Wildman–Crippen LogP) is -0.0772. The number of hydrogen-bond acceptors (Lipinski definition) is 2. The highest BCUT2D eigenvalue weighted by Crippen LogP contribution is 2.37. The van der Waals surface area contributed by atoms with E-state index in [2.05, 4.69) is 11.9 Å². The summed E-state index contributed by atoms with van der Waals surface area (Å²) in [5, 5.41) is 0. The summed E-state index contributed by atoms with van der Waals surface area (Å²) in [6.07, 6.45) is 1.27. The number of hydrogen-bond donors (Lipinski definition) is 0. The second-order valence-corrected chi connectivity index (χ2v) is 3.77. The van der Waals surface area contributed by atoms with Gasteiger partial charge in [-0.25, -0.2) is 0 Å². The van der Waals surface area contributed by atoms with E-state index in [1.165, 1.54) is 13.0 Å². The fourth-order valence-electron chi connectivity index (χ4n) is 1.94. The number of likely N-dealkylation sites (tertiary alicyclic amines) is 2. The van der Waals surface area contributed by atoms with Crippen molar-refractivity contribution in [1.29, 1.82) is 0 Å². The molecule has 2 aliphatic rings. The fourth-order valence-corrected chi connectivity index (χ4v) is 1.94. The Hall–Kier alpha value is -0.570. The molecular weight excluding hydrogens is 140 g/mol. The lowest BCUT2D eigenvalue weighted by Gasteiger charge is -2.61. The Morgan fingerprint density at radius 3 is 2.36 bits per heavy atom. The van der Waals surface area contributed by atoms with E-state index in [4.69, 9.17) is 0 Å². The second kappa shape index (κ2) is 1.97. The van der Waals surface area contributed by atoms with Crippen LogP contribution in [0.5, 0.6) is 0 Å². The minimum Gasteiger partial charge on any atom is -0.339 e. The summed E-state index contributed by atoms with van der Waals surface area (Å²) in [7, 11) is 2.14. The molecule has 2 fully saturated rings. The van der Waals surface area contributed by atoms with Crippen LogP contribution in [0.1, 0.15) is 13.3 Å². The maximum absolute atomic E-state index is 10.9. The van der Waals surface area contributed by atoms with Crippen LogP contribution in [0.3, 0.4) is 0 Å². The SMILES string of the molecule is CC(=O)N1CC2(CCN2C)C1. The molecule has 0 atom stereocenters. The maximum Gasteiger partial charge on any atom is 0.219 e. The topological polar surface area (TPSA) is 23.6 Å². The quantitative estimate of drug-likeness (QED) is 0.487. The highest BCUT2D eigenvalue weighted by atomic mass is 16.2. The summed E-state index contributed by atoms with van der Waals surface area (Å²) in [5.74, 6) is 0.218. The molecule has 0 N–H and O–H groups in total. The van der Waals surface area contributed by atoms with Crippen LogP contribution < -0.4 is 0 Å². The van der Waals surface area contributed by atoms with Gasteiger partial charge in [0.2, 0.25) is 5.91 Å². The molecule has 0 radical (unpaired) electrons. The Labute approximate surface area is 67.0 Å². The van der Waals surface area contributed by atoms with Crippen molar-refractivity contribution < 1.29 is 4.79 Å². The van der Waals surface area contributed by atoms with Crippen molar-refractivity contribution in [2.45, 2.75) is 18.9 Å². The number of rotatable bonds is 0. The summed E-state index contributed by atoms with van der Waals surface area (Å²) in [6, 6.07) is 0. The van der Waals surface area contributed by atoms with E-state index in [9.17, 15) is 4.79 Å². The highest BCUT2D eigenvalue weighted by molar-refractivity contribution is 5.74. The van der Waals surface area contributed by atoms with Gasteiger partial charge in [0, 0.05) is 26.6 Å². The van der Waals surface area contributed by atoms with Crippen LogP contribution in [-0.4, -0.2) is 47.9 Å². The third-order valence-electron chi connectivity index (χ3n) is 3.14. The third-order valence-corrected chi connectivity index (χ3v) is 3.14. The van der Waals surface area contributed by atoms with Crippen molar-refractivity contribution in [3.8, 4) is 0 Å². The van der Waals surface area contributed by atoms with Crippen molar-refractivity contribution >= 4 is 5.91 Å². The van der Waals surface area contributed by atoms with Gasteiger partial charge in [0.25, 0.3) is 0 Å². The number of amides is 1.